The Bertz CT molecular complexity index is 448. The van der Waals surface area contributed by atoms with Crippen LogP contribution in [0.1, 0.15) is 52.9 Å². The summed E-state index contributed by atoms with van der Waals surface area (Å²) in [5.74, 6) is 4.88. The van der Waals surface area contributed by atoms with Crippen LogP contribution in [0.3, 0.4) is 0 Å². The van der Waals surface area contributed by atoms with Crippen molar-refractivity contribution in [3.05, 3.63) is 0 Å². The van der Waals surface area contributed by atoms with E-state index >= 15 is 0 Å². The molecule has 4 heteroatoms. The molecule has 0 spiro atoms. The molecule has 1 amide bonds. The summed E-state index contributed by atoms with van der Waals surface area (Å²) in [7, 11) is 0. The molecule has 3 aliphatic carbocycles. The second-order valence-electron chi connectivity index (χ2n) is 9.33. The average Bonchev–Trinajstić information content (AvgIpc) is 2.87. The Labute approximate surface area is 140 Å². The molecule has 4 fully saturated rings. The Morgan fingerprint density at radius 1 is 1.09 bits per heavy atom. The number of hydrogen-bond acceptors (Lipinski definition) is 3. The normalized spacial score (nSPS) is 39.4. The Hall–Kier alpha value is -0.770. The van der Waals surface area contributed by atoms with E-state index < -0.39 is 5.60 Å². The van der Waals surface area contributed by atoms with Crippen molar-refractivity contribution in [1.29, 1.82) is 0 Å². The number of ether oxygens (including phenoxy) is 1. The second-order valence-corrected chi connectivity index (χ2v) is 9.33. The van der Waals surface area contributed by atoms with Gasteiger partial charge >= 0.3 is 6.09 Å². The number of fused-ring (bicyclic) bond motifs is 5. The van der Waals surface area contributed by atoms with E-state index in [-0.39, 0.29) is 6.09 Å². The minimum Gasteiger partial charge on any atom is -0.444 e. The number of carbonyl (C=O) groups excluding carboxylic acids is 1. The minimum atomic E-state index is -0.390. The van der Waals surface area contributed by atoms with E-state index in [0.29, 0.717) is 0 Å². The fourth-order valence-corrected chi connectivity index (χ4v) is 5.55. The minimum absolute atomic E-state index is 0.141. The number of hydrogen-bond donors (Lipinski definition) is 1. The summed E-state index contributed by atoms with van der Waals surface area (Å²) in [6.07, 6.45) is 6.61. The highest BCUT2D eigenvalue weighted by atomic mass is 16.6. The van der Waals surface area contributed by atoms with Crippen LogP contribution >= 0.6 is 0 Å². The van der Waals surface area contributed by atoms with Crippen LogP contribution in [0.25, 0.3) is 0 Å². The molecule has 4 nitrogen and oxygen atoms in total. The molecule has 0 aromatic heterocycles. The second kappa shape index (κ2) is 5.65. The summed E-state index contributed by atoms with van der Waals surface area (Å²) in [6, 6.07) is 0.838. The number of carbonyl (C=O) groups is 1. The zero-order valence-electron chi connectivity index (χ0n) is 14.9. The first-order chi connectivity index (χ1) is 10.9. The van der Waals surface area contributed by atoms with Crippen LogP contribution < -0.4 is 5.32 Å². The summed E-state index contributed by atoms with van der Waals surface area (Å²) >= 11 is 0. The first-order valence-electron chi connectivity index (χ1n) is 9.64. The Morgan fingerprint density at radius 3 is 2.26 bits per heavy atom. The molecule has 4 rings (SSSR count). The molecule has 4 atom stereocenters. The molecule has 0 radical (unpaired) electrons. The van der Waals surface area contributed by atoms with Gasteiger partial charge < -0.3 is 15.0 Å². The quantitative estimate of drug-likeness (QED) is 0.868. The third-order valence-electron chi connectivity index (χ3n) is 6.64. The van der Waals surface area contributed by atoms with Crippen LogP contribution in [0, 0.1) is 29.6 Å². The summed E-state index contributed by atoms with van der Waals surface area (Å²) in [6.45, 7) is 8.65. The maximum absolute atomic E-state index is 12.1. The summed E-state index contributed by atoms with van der Waals surface area (Å²) in [5, 5.41) is 3.88. The predicted molar refractivity (Wildman–Crippen MR) is 90.1 cm³/mol. The maximum atomic E-state index is 12.1. The van der Waals surface area contributed by atoms with Gasteiger partial charge in [0.15, 0.2) is 0 Å². The van der Waals surface area contributed by atoms with Crippen molar-refractivity contribution in [3.8, 4) is 0 Å². The van der Waals surface area contributed by atoms with Crippen LogP contribution in [-0.2, 0) is 4.74 Å². The van der Waals surface area contributed by atoms with Crippen molar-refractivity contribution in [3.63, 3.8) is 0 Å². The van der Waals surface area contributed by atoms with E-state index in [0.717, 1.165) is 68.1 Å². The Kier molecular flexibility index (Phi) is 3.86. The predicted octanol–water partition coefficient (Wildman–Crippen LogP) is 3.27. The van der Waals surface area contributed by atoms with Gasteiger partial charge in [-0.25, -0.2) is 4.79 Å². The van der Waals surface area contributed by atoms with E-state index in [1.54, 1.807) is 0 Å². The lowest BCUT2D eigenvalue weighted by Crippen LogP contribution is -2.43. The van der Waals surface area contributed by atoms with Crippen molar-refractivity contribution >= 4 is 6.09 Å². The fourth-order valence-electron chi connectivity index (χ4n) is 5.55. The average molecular weight is 320 g/mol. The molecular formula is C19H32N2O2. The first-order valence-corrected chi connectivity index (χ1v) is 9.64. The van der Waals surface area contributed by atoms with Crippen LogP contribution in [0.2, 0.25) is 0 Å². The summed E-state index contributed by atoms with van der Waals surface area (Å²) < 4.78 is 5.47. The van der Waals surface area contributed by atoms with E-state index in [1.165, 1.54) is 19.3 Å². The lowest BCUT2D eigenvalue weighted by molar-refractivity contribution is 0.0183. The SMILES string of the molecule is CC(C)(C)OC(=O)N1CCC(CNC2C3C4CCC(C4)C23)CC1. The molecule has 1 N–H and O–H groups in total. The highest BCUT2D eigenvalue weighted by molar-refractivity contribution is 5.68. The first kappa shape index (κ1) is 15.7. The monoisotopic (exact) mass is 320 g/mol. The van der Waals surface area contributed by atoms with Crippen molar-refractivity contribution in [2.45, 2.75) is 64.5 Å². The molecule has 1 aliphatic heterocycles. The summed E-state index contributed by atoms with van der Waals surface area (Å²) in [5.41, 5.74) is -0.390. The number of amides is 1. The van der Waals surface area contributed by atoms with E-state index in [2.05, 4.69) is 5.32 Å². The molecule has 0 aromatic carbocycles. The van der Waals surface area contributed by atoms with Gasteiger partial charge in [0.25, 0.3) is 0 Å². The van der Waals surface area contributed by atoms with Crippen LogP contribution in [-0.4, -0.2) is 42.3 Å². The molecule has 1 saturated heterocycles. The van der Waals surface area contributed by atoms with Crippen LogP contribution in [0.15, 0.2) is 0 Å². The molecule has 130 valence electrons. The molecule has 23 heavy (non-hydrogen) atoms. The largest absolute Gasteiger partial charge is 0.444 e. The highest BCUT2D eigenvalue weighted by Crippen LogP contribution is 2.65. The lowest BCUT2D eigenvalue weighted by atomic mass is 9.96. The van der Waals surface area contributed by atoms with Crippen LogP contribution in [0.4, 0.5) is 4.79 Å². The van der Waals surface area contributed by atoms with Gasteiger partial charge in [-0.05, 0) is 89.0 Å². The number of likely N-dealkylation sites (tertiary alicyclic amines) is 1. The summed E-state index contributed by atoms with van der Waals surface area (Å²) in [4.78, 5) is 14.0. The van der Waals surface area contributed by atoms with Gasteiger partial charge in [-0.3, -0.25) is 0 Å². The maximum Gasteiger partial charge on any atom is 0.410 e. The van der Waals surface area contributed by atoms with Gasteiger partial charge in [-0.15, -0.1) is 0 Å². The molecule has 0 aromatic rings. The molecule has 2 bridgehead atoms. The van der Waals surface area contributed by atoms with Crippen LogP contribution in [0.5, 0.6) is 0 Å². The molecule has 4 unspecified atom stereocenters. The fraction of sp³-hybridized carbons (Fsp3) is 0.947. The number of rotatable bonds is 3. The van der Waals surface area contributed by atoms with Crippen molar-refractivity contribution in [2.24, 2.45) is 29.6 Å². The zero-order chi connectivity index (χ0) is 16.2. The van der Waals surface area contributed by atoms with E-state index in [1.807, 2.05) is 25.7 Å². The third kappa shape index (κ3) is 3.11. The third-order valence-corrected chi connectivity index (χ3v) is 6.64. The lowest BCUT2D eigenvalue weighted by Gasteiger charge is -2.33. The van der Waals surface area contributed by atoms with Crippen molar-refractivity contribution in [1.82, 2.24) is 10.2 Å². The Balaban J connectivity index is 1.17. The number of piperidine rings is 1. The van der Waals surface area contributed by atoms with Gasteiger partial charge in [0.2, 0.25) is 0 Å². The number of nitrogens with one attached hydrogen (secondary N) is 1. The van der Waals surface area contributed by atoms with E-state index in [4.69, 9.17) is 4.74 Å². The number of nitrogens with zero attached hydrogens (tertiary/aromatic N) is 1. The molecule has 4 aliphatic rings. The standard InChI is InChI=1S/C19H32N2O2/c1-19(2,3)23-18(22)21-8-6-12(7-9-21)11-20-17-15-13-4-5-14(10-13)16(15)17/h12-17,20H,4-11H2,1-3H3. The van der Waals surface area contributed by atoms with Crippen molar-refractivity contribution < 1.29 is 9.53 Å². The topological polar surface area (TPSA) is 41.6 Å². The van der Waals surface area contributed by atoms with Gasteiger partial charge in [0, 0.05) is 19.1 Å². The zero-order valence-corrected chi connectivity index (χ0v) is 14.9. The van der Waals surface area contributed by atoms with E-state index in [9.17, 15) is 4.79 Å². The van der Waals surface area contributed by atoms with Gasteiger partial charge in [0.1, 0.15) is 5.60 Å². The Morgan fingerprint density at radius 2 is 1.70 bits per heavy atom. The van der Waals surface area contributed by atoms with Gasteiger partial charge in [-0.2, -0.15) is 0 Å². The molecule has 1 heterocycles. The van der Waals surface area contributed by atoms with Gasteiger partial charge in [0.05, 0.1) is 0 Å². The van der Waals surface area contributed by atoms with Crippen molar-refractivity contribution in [2.75, 3.05) is 19.6 Å². The van der Waals surface area contributed by atoms with Gasteiger partial charge in [-0.1, -0.05) is 0 Å². The highest BCUT2D eigenvalue weighted by Gasteiger charge is 2.64. The smallest absolute Gasteiger partial charge is 0.410 e. The molecule has 3 saturated carbocycles. The molecular weight excluding hydrogens is 288 g/mol.